The maximum absolute atomic E-state index is 13.9. The van der Waals surface area contributed by atoms with Crippen LogP contribution >= 0.6 is 0 Å². The second-order valence-electron chi connectivity index (χ2n) is 14.1. The molecular weight excluding hydrogens is 697 g/mol. The highest BCUT2D eigenvalue weighted by Gasteiger charge is 2.31. The van der Waals surface area contributed by atoms with Crippen LogP contribution in [0.4, 0.5) is 5.95 Å². The molecule has 0 radical (unpaired) electrons. The summed E-state index contributed by atoms with van der Waals surface area (Å²) in [5, 5.41) is 3.77. The number of anilines is 1. The number of aromatic nitrogens is 3. The first-order valence-corrected chi connectivity index (χ1v) is 18.9. The Balaban J connectivity index is 1.00. The zero-order valence-corrected chi connectivity index (χ0v) is 32.0. The number of ether oxygens (including phenoxy) is 5. The Hall–Kier alpha value is -5.75. The fraction of sp³-hybridized carbons (Fsp3) is 0.372. The molecule has 4 heterocycles. The van der Waals surface area contributed by atoms with Crippen LogP contribution in [-0.2, 0) is 22.4 Å². The van der Waals surface area contributed by atoms with E-state index in [1.54, 1.807) is 44.6 Å². The third kappa shape index (κ3) is 8.97. The normalized spacial score (nSPS) is 16.5. The van der Waals surface area contributed by atoms with Crippen LogP contribution in [0.1, 0.15) is 40.9 Å². The summed E-state index contributed by atoms with van der Waals surface area (Å²) in [6, 6.07) is 28.1. The molecule has 2 aliphatic rings. The molecule has 0 aliphatic carbocycles. The highest BCUT2D eigenvalue weighted by Crippen LogP contribution is 2.39. The standard InChI is InChI=1S/C43H50N6O6/c1-47(42(50)32-25-37(51-2)41(53-4)38(26-32)52-3)27-31(39-29-54-40(55-39)24-30-12-6-5-7-13-30)17-21-48-22-18-33(19-23-48)45-43-46-35-15-8-9-16-36(35)49(43)28-34-14-10-11-20-44-34/h5-16,20,25-26,29,31,33,40H,17-19,21-24,27-28H2,1-4H3,(H,45,46). The molecular formula is C43H50N6O6. The van der Waals surface area contributed by atoms with Gasteiger partial charge in [-0.1, -0.05) is 48.5 Å². The minimum absolute atomic E-state index is 0.0842. The monoisotopic (exact) mass is 746 g/mol. The van der Waals surface area contributed by atoms with Gasteiger partial charge in [0.2, 0.25) is 18.0 Å². The third-order valence-electron chi connectivity index (χ3n) is 10.4. The van der Waals surface area contributed by atoms with Gasteiger partial charge < -0.3 is 43.4 Å². The summed E-state index contributed by atoms with van der Waals surface area (Å²) >= 11 is 0. The number of likely N-dealkylation sites (tertiary alicyclic amines) is 1. The number of benzene rings is 3. The second kappa shape index (κ2) is 17.6. The lowest BCUT2D eigenvalue weighted by Crippen LogP contribution is -2.41. The Bertz CT molecular complexity index is 2040. The van der Waals surface area contributed by atoms with Crippen molar-refractivity contribution in [3.63, 3.8) is 0 Å². The molecule has 3 aromatic carbocycles. The van der Waals surface area contributed by atoms with Crippen molar-refractivity contribution < 1.29 is 28.5 Å². The number of fused-ring (bicyclic) bond motifs is 1. The zero-order chi connectivity index (χ0) is 38.1. The molecule has 12 nitrogen and oxygen atoms in total. The molecule has 1 saturated heterocycles. The molecule has 2 aliphatic heterocycles. The summed E-state index contributed by atoms with van der Waals surface area (Å²) in [7, 11) is 6.44. The number of hydrogen-bond donors (Lipinski definition) is 1. The molecule has 2 atom stereocenters. The van der Waals surface area contributed by atoms with Gasteiger partial charge in [0.1, 0.15) is 12.0 Å². The van der Waals surface area contributed by atoms with Crippen LogP contribution in [0.2, 0.25) is 0 Å². The lowest BCUT2D eigenvalue weighted by atomic mass is 9.99. The van der Waals surface area contributed by atoms with Crippen molar-refractivity contribution in [2.45, 2.75) is 44.6 Å². The maximum atomic E-state index is 13.9. The first kappa shape index (κ1) is 37.6. The highest BCUT2D eigenvalue weighted by atomic mass is 16.7. The topological polar surface area (TPSA) is 112 Å². The Morgan fingerprint density at radius 2 is 1.67 bits per heavy atom. The molecule has 0 saturated carbocycles. The lowest BCUT2D eigenvalue weighted by molar-refractivity contribution is -0.0377. The summed E-state index contributed by atoms with van der Waals surface area (Å²) in [4.78, 5) is 27.6. The van der Waals surface area contributed by atoms with E-state index < -0.39 is 6.29 Å². The van der Waals surface area contributed by atoms with Crippen LogP contribution in [0.15, 0.2) is 103 Å². The van der Waals surface area contributed by atoms with Crippen LogP contribution in [0.25, 0.3) is 11.0 Å². The van der Waals surface area contributed by atoms with Gasteiger partial charge in [0.15, 0.2) is 11.5 Å². The number of carbonyl (C=O) groups is 1. The van der Waals surface area contributed by atoms with Crippen molar-refractivity contribution in [1.82, 2.24) is 24.3 Å². The van der Waals surface area contributed by atoms with E-state index in [4.69, 9.17) is 28.7 Å². The number of nitrogens with zero attached hydrogens (tertiary/aromatic N) is 5. The van der Waals surface area contributed by atoms with E-state index in [2.05, 4.69) is 50.1 Å². The number of pyridine rings is 1. The van der Waals surface area contributed by atoms with Gasteiger partial charge in [0.25, 0.3) is 5.91 Å². The van der Waals surface area contributed by atoms with Crippen LogP contribution < -0.4 is 19.5 Å². The van der Waals surface area contributed by atoms with Gasteiger partial charge in [-0.25, -0.2) is 4.98 Å². The van der Waals surface area contributed by atoms with Crippen LogP contribution in [0.5, 0.6) is 17.2 Å². The fourth-order valence-electron chi connectivity index (χ4n) is 7.42. The molecule has 7 rings (SSSR count). The average molecular weight is 747 g/mol. The van der Waals surface area contributed by atoms with Gasteiger partial charge in [0, 0.05) is 56.8 Å². The van der Waals surface area contributed by atoms with E-state index in [9.17, 15) is 4.79 Å². The van der Waals surface area contributed by atoms with Gasteiger partial charge in [-0.3, -0.25) is 9.78 Å². The van der Waals surface area contributed by atoms with Gasteiger partial charge in [-0.05, 0) is 67.8 Å². The average Bonchev–Trinajstić information content (AvgIpc) is 3.83. The fourth-order valence-corrected chi connectivity index (χ4v) is 7.42. The van der Waals surface area contributed by atoms with E-state index in [1.807, 2.05) is 55.7 Å². The number of amides is 1. The number of methoxy groups -OCH3 is 3. The number of nitrogens with one attached hydrogen (secondary N) is 1. The molecule has 0 bridgehead atoms. The SMILES string of the molecule is COc1cc(C(=O)N(C)CC(CCN2CCC(Nc3nc4ccccc4n3Cc3ccccn3)CC2)C2=COC(Cc3ccccc3)O2)cc(OC)c1OC. The van der Waals surface area contributed by atoms with Gasteiger partial charge >= 0.3 is 0 Å². The molecule has 55 heavy (non-hydrogen) atoms. The number of piperidine rings is 1. The van der Waals surface area contributed by atoms with Crippen LogP contribution in [0.3, 0.4) is 0 Å². The van der Waals surface area contributed by atoms with Crippen molar-refractivity contribution in [3.05, 3.63) is 120 Å². The predicted octanol–water partition coefficient (Wildman–Crippen LogP) is 6.62. The number of carbonyl (C=O) groups excluding carboxylic acids is 1. The molecule has 2 unspecified atom stereocenters. The Morgan fingerprint density at radius 1 is 0.945 bits per heavy atom. The molecule has 1 amide bonds. The van der Waals surface area contributed by atoms with E-state index >= 15 is 0 Å². The molecule has 1 fully saturated rings. The lowest BCUT2D eigenvalue weighted by Gasteiger charge is -2.34. The van der Waals surface area contributed by atoms with Crippen molar-refractivity contribution in [1.29, 1.82) is 0 Å². The van der Waals surface area contributed by atoms with Crippen molar-refractivity contribution in [2.24, 2.45) is 5.92 Å². The molecule has 1 N–H and O–H groups in total. The molecule has 12 heteroatoms. The maximum Gasteiger partial charge on any atom is 0.253 e. The summed E-state index contributed by atoms with van der Waals surface area (Å²) in [6.45, 7) is 3.82. The Labute approximate surface area is 322 Å². The number of para-hydroxylation sites is 2. The van der Waals surface area contributed by atoms with Crippen molar-refractivity contribution in [3.8, 4) is 17.2 Å². The first-order chi connectivity index (χ1) is 26.9. The summed E-state index contributed by atoms with van der Waals surface area (Å²) in [5.41, 5.74) is 4.63. The van der Waals surface area contributed by atoms with Crippen molar-refractivity contribution >= 4 is 22.9 Å². The molecule has 5 aromatic rings. The molecule has 2 aromatic heterocycles. The zero-order valence-electron chi connectivity index (χ0n) is 32.0. The number of imidazole rings is 1. The largest absolute Gasteiger partial charge is 0.493 e. The molecule has 288 valence electrons. The van der Waals surface area contributed by atoms with Gasteiger partial charge in [-0.15, -0.1) is 0 Å². The summed E-state index contributed by atoms with van der Waals surface area (Å²) < 4.78 is 31.2. The quantitative estimate of drug-likeness (QED) is 0.118. The van der Waals surface area contributed by atoms with E-state index in [-0.39, 0.29) is 11.8 Å². The van der Waals surface area contributed by atoms with E-state index in [0.717, 1.165) is 72.9 Å². The van der Waals surface area contributed by atoms with Crippen molar-refractivity contribution in [2.75, 3.05) is 59.9 Å². The minimum Gasteiger partial charge on any atom is -0.493 e. The van der Waals surface area contributed by atoms with Gasteiger partial charge in [-0.2, -0.15) is 0 Å². The summed E-state index contributed by atoms with van der Waals surface area (Å²) in [6.07, 6.45) is 6.54. The van der Waals surface area contributed by atoms with Gasteiger partial charge in [0.05, 0.1) is 44.6 Å². The first-order valence-electron chi connectivity index (χ1n) is 18.9. The van der Waals surface area contributed by atoms with Crippen LogP contribution in [0, 0.1) is 5.92 Å². The van der Waals surface area contributed by atoms with E-state index in [0.29, 0.717) is 48.4 Å². The highest BCUT2D eigenvalue weighted by molar-refractivity contribution is 5.95. The second-order valence-corrected chi connectivity index (χ2v) is 14.1. The number of rotatable bonds is 16. The Kier molecular flexibility index (Phi) is 12.0. The smallest absolute Gasteiger partial charge is 0.253 e. The Morgan fingerprint density at radius 3 is 2.38 bits per heavy atom. The summed E-state index contributed by atoms with van der Waals surface area (Å²) in [5.74, 6) is 2.68. The molecule has 0 spiro atoms. The van der Waals surface area contributed by atoms with Crippen LogP contribution in [-0.4, -0.2) is 97.1 Å². The minimum atomic E-state index is -0.417. The van der Waals surface area contributed by atoms with E-state index in [1.165, 1.54) is 0 Å². The third-order valence-corrected chi connectivity index (χ3v) is 10.4. The number of hydrogen-bond acceptors (Lipinski definition) is 10. The predicted molar refractivity (Wildman–Crippen MR) is 212 cm³/mol.